The van der Waals surface area contributed by atoms with Crippen molar-refractivity contribution >= 4 is 46.0 Å². The molecule has 0 saturated heterocycles. The van der Waals surface area contributed by atoms with E-state index in [1.807, 2.05) is 19.2 Å². The maximum atomic E-state index is 12.5. The average molecular weight is 435 g/mol. The summed E-state index contributed by atoms with van der Waals surface area (Å²) in [6.07, 6.45) is 4.01. The Kier molecular flexibility index (Phi) is 6.43. The Morgan fingerprint density at radius 1 is 1.38 bits per heavy atom. The van der Waals surface area contributed by atoms with Crippen molar-refractivity contribution in [2.75, 3.05) is 12.0 Å². The van der Waals surface area contributed by atoms with E-state index in [0.29, 0.717) is 33.9 Å². The molecule has 3 aromatic rings. The zero-order valence-corrected chi connectivity index (χ0v) is 17.9. The Balaban J connectivity index is 1.81. The Bertz CT molecular complexity index is 1100. The summed E-state index contributed by atoms with van der Waals surface area (Å²) in [7, 11) is 0. The van der Waals surface area contributed by atoms with Gasteiger partial charge in [-0.05, 0) is 43.0 Å². The number of aliphatic carboxylic acids is 1. The monoisotopic (exact) mass is 434 g/mol. The Hall–Kier alpha value is -2.59. The Morgan fingerprint density at radius 3 is 2.83 bits per heavy atom. The van der Waals surface area contributed by atoms with E-state index in [4.69, 9.17) is 0 Å². The lowest BCUT2D eigenvalue weighted by Crippen LogP contribution is -2.40. The fraction of sp³-hybridized carbons (Fsp3) is 0.368. The number of rotatable bonds is 8. The van der Waals surface area contributed by atoms with Crippen LogP contribution < -0.4 is 10.9 Å². The van der Waals surface area contributed by atoms with Crippen molar-refractivity contribution in [1.29, 1.82) is 0 Å². The number of thiophene rings is 1. The molecule has 29 heavy (non-hydrogen) atoms. The molecule has 1 amide bonds. The van der Waals surface area contributed by atoms with Crippen LogP contribution in [0.25, 0.3) is 11.0 Å². The van der Waals surface area contributed by atoms with Gasteiger partial charge >= 0.3 is 5.97 Å². The molecule has 0 aliphatic rings. The standard InChI is InChI=1S/C19H22N4O4S2/c1-9(11-8-20-16-15(11)18(25)22-10(2)21-16)13-4-5-14(29-13)17(24)23-12(19(26)27)6-7-28-3/h4-5,8-9,12H,6-7H2,1-3H3,(H,23,24)(H,26,27)(H2,20,21,22,25)/t9?,12-/m0/s1. The average Bonchev–Trinajstić information content (AvgIpc) is 3.31. The minimum atomic E-state index is -1.04. The maximum absolute atomic E-state index is 12.5. The lowest BCUT2D eigenvalue weighted by Gasteiger charge is -2.13. The Morgan fingerprint density at radius 2 is 2.14 bits per heavy atom. The number of nitrogens with zero attached hydrogens (tertiary/aromatic N) is 1. The molecule has 0 bridgehead atoms. The SMILES string of the molecule is CSCC[C@H](NC(=O)c1ccc(C(C)c2c[nH]c3nc(C)[nH]c(=O)c23)s1)C(=O)O. The fourth-order valence-electron chi connectivity index (χ4n) is 3.10. The van der Waals surface area contributed by atoms with E-state index in [9.17, 15) is 19.5 Å². The van der Waals surface area contributed by atoms with Crippen LogP contribution in [0.4, 0.5) is 0 Å². The number of H-pyrrole nitrogens is 2. The predicted octanol–water partition coefficient (Wildman–Crippen LogP) is 2.71. The van der Waals surface area contributed by atoms with Crippen molar-refractivity contribution < 1.29 is 14.7 Å². The largest absolute Gasteiger partial charge is 0.480 e. The summed E-state index contributed by atoms with van der Waals surface area (Å²) in [6.45, 7) is 3.67. The van der Waals surface area contributed by atoms with Crippen molar-refractivity contribution in [1.82, 2.24) is 20.3 Å². The number of carbonyl (C=O) groups excluding carboxylic acids is 1. The topological polar surface area (TPSA) is 128 Å². The molecule has 0 fully saturated rings. The van der Waals surface area contributed by atoms with E-state index < -0.39 is 17.9 Å². The highest BCUT2D eigenvalue weighted by molar-refractivity contribution is 7.98. The van der Waals surface area contributed by atoms with Gasteiger partial charge in [0.2, 0.25) is 0 Å². The molecule has 0 aliphatic heterocycles. The van der Waals surface area contributed by atoms with Gasteiger partial charge in [0.1, 0.15) is 17.5 Å². The van der Waals surface area contributed by atoms with Crippen LogP contribution in [0, 0.1) is 6.92 Å². The quantitative estimate of drug-likeness (QED) is 0.432. The highest BCUT2D eigenvalue weighted by Crippen LogP contribution is 2.32. The highest BCUT2D eigenvalue weighted by atomic mass is 32.2. The van der Waals surface area contributed by atoms with Gasteiger partial charge in [0, 0.05) is 17.0 Å². The summed E-state index contributed by atoms with van der Waals surface area (Å²) in [5.41, 5.74) is 1.12. The number of aromatic amines is 2. The number of amides is 1. The molecule has 0 radical (unpaired) electrons. The van der Waals surface area contributed by atoms with Crippen molar-refractivity contribution in [3.05, 3.63) is 49.8 Å². The molecule has 2 atom stereocenters. The van der Waals surface area contributed by atoms with Gasteiger partial charge in [0.25, 0.3) is 11.5 Å². The minimum absolute atomic E-state index is 0.132. The normalized spacial score (nSPS) is 13.3. The number of carboxylic acid groups (broad SMARTS) is 1. The van der Waals surface area contributed by atoms with Crippen molar-refractivity contribution in [3.8, 4) is 0 Å². The number of hydrogen-bond donors (Lipinski definition) is 4. The second-order valence-corrected chi connectivity index (χ2v) is 8.79. The molecule has 0 spiro atoms. The van der Waals surface area contributed by atoms with Crippen LogP contribution in [0.2, 0.25) is 0 Å². The van der Waals surface area contributed by atoms with Crippen LogP contribution in [-0.4, -0.2) is 50.0 Å². The van der Waals surface area contributed by atoms with Crippen LogP contribution in [0.5, 0.6) is 0 Å². The second-order valence-electron chi connectivity index (χ2n) is 6.69. The van der Waals surface area contributed by atoms with Gasteiger partial charge in [-0.3, -0.25) is 9.59 Å². The summed E-state index contributed by atoms with van der Waals surface area (Å²) in [6, 6.07) is 2.59. The molecule has 4 N–H and O–H groups in total. The summed E-state index contributed by atoms with van der Waals surface area (Å²) in [5.74, 6) is -0.401. The molecule has 10 heteroatoms. The zero-order chi connectivity index (χ0) is 21.1. The van der Waals surface area contributed by atoms with Gasteiger partial charge in [0.05, 0.1) is 10.3 Å². The minimum Gasteiger partial charge on any atom is -0.480 e. The summed E-state index contributed by atoms with van der Waals surface area (Å²) >= 11 is 2.82. The first kappa shape index (κ1) is 21.1. The molecular formula is C19H22N4O4S2. The van der Waals surface area contributed by atoms with E-state index in [0.717, 1.165) is 10.4 Å². The van der Waals surface area contributed by atoms with Crippen molar-refractivity contribution in [3.63, 3.8) is 0 Å². The first-order chi connectivity index (χ1) is 13.8. The molecule has 8 nitrogen and oxygen atoms in total. The highest BCUT2D eigenvalue weighted by Gasteiger charge is 2.23. The number of hydrogen-bond acceptors (Lipinski definition) is 6. The maximum Gasteiger partial charge on any atom is 0.326 e. The molecule has 3 rings (SSSR count). The summed E-state index contributed by atoms with van der Waals surface area (Å²) in [4.78, 5) is 47.6. The number of carboxylic acids is 1. The molecular weight excluding hydrogens is 412 g/mol. The van der Waals surface area contributed by atoms with Crippen molar-refractivity contribution in [2.45, 2.75) is 32.2 Å². The first-order valence-corrected chi connectivity index (χ1v) is 11.2. The lowest BCUT2D eigenvalue weighted by molar-refractivity contribution is -0.139. The second kappa shape index (κ2) is 8.83. The van der Waals surface area contributed by atoms with Crippen molar-refractivity contribution in [2.24, 2.45) is 0 Å². The smallest absolute Gasteiger partial charge is 0.326 e. The number of aryl methyl sites for hydroxylation is 1. The predicted molar refractivity (Wildman–Crippen MR) is 115 cm³/mol. The molecule has 0 aromatic carbocycles. The zero-order valence-electron chi connectivity index (χ0n) is 16.2. The molecule has 1 unspecified atom stereocenters. The van der Waals surface area contributed by atoms with Crippen LogP contribution in [0.1, 0.15) is 45.2 Å². The van der Waals surface area contributed by atoms with Crippen LogP contribution in [0.15, 0.2) is 23.1 Å². The van der Waals surface area contributed by atoms with Crippen LogP contribution in [-0.2, 0) is 4.79 Å². The first-order valence-electron chi connectivity index (χ1n) is 9.02. The van der Waals surface area contributed by atoms with E-state index in [1.165, 1.54) is 23.1 Å². The molecule has 3 aromatic heterocycles. The van der Waals surface area contributed by atoms with Gasteiger partial charge in [-0.15, -0.1) is 11.3 Å². The molecule has 154 valence electrons. The lowest BCUT2D eigenvalue weighted by atomic mass is 10.0. The third-order valence-electron chi connectivity index (χ3n) is 4.65. The number of thioether (sulfide) groups is 1. The summed E-state index contributed by atoms with van der Waals surface area (Å²) < 4.78 is 0. The van der Waals surface area contributed by atoms with Gasteiger partial charge in [0.15, 0.2) is 0 Å². The third-order valence-corrected chi connectivity index (χ3v) is 6.56. The number of aromatic nitrogens is 3. The van der Waals surface area contributed by atoms with E-state index in [2.05, 4.69) is 20.3 Å². The number of fused-ring (bicyclic) bond motifs is 1. The fourth-order valence-corrected chi connectivity index (χ4v) is 4.55. The van der Waals surface area contributed by atoms with E-state index >= 15 is 0 Å². The van der Waals surface area contributed by atoms with Gasteiger partial charge in [-0.25, -0.2) is 9.78 Å². The summed E-state index contributed by atoms with van der Waals surface area (Å²) in [5, 5.41) is 12.4. The van der Waals surface area contributed by atoms with Gasteiger partial charge < -0.3 is 20.4 Å². The number of nitrogens with one attached hydrogen (secondary N) is 3. The molecule has 3 heterocycles. The van der Waals surface area contributed by atoms with Crippen LogP contribution in [0.3, 0.4) is 0 Å². The van der Waals surface area contributed by atoms with E-state index in [1.54, 1.807) is 19.2 Å². The third kappa shape index (κ3) is 4.54. The van der Waals surface area contributed by atoms with E-state index in [-0.39, 0.29) is 11.5 Å². The Labute approximate surface area is 175 Å². The van der Waals surface area contributed by atoms with Crippen LogP contribution >= 0.6 is 23.1 Å². The number of carbonyl (C=O) groups is 2. The van der Waals surface area contributed by atoms with Gasteiger partial charge in [-0.1, -0.05) is 6.92 Å². The van der Waals surface area contributed by atoms with Gasteiger partial charge in [-0.2, -0.15) is 11.8 Å². The molecule has 0 saturated carbocycles. The molecule has 0 aliphatic carbocycles.